The number of hydrogen-bond acceptors (Lipinski definition) is 3. The topological polar surface area (TPSA) is 31.2 Å². The first-order valence-electron chi connectivity index (χ1n) is 9.87. The van der Waals surface area contributed by atoms with Gasteiger partial charge in [-0.25, -0.2) is 4.79 Å². The molecule has 0 radical (unpaired) electrons. The van der Waals surface area contributed by atoms with Crippen molar-refractivity contribution in [1.29, 1.82) is 0 Å². The van der Waals surface area contributed by atoms with Crippen LogP contribution in [0, 0.1) is 10.6 Å². The van der Waals surface area contributed by atoms with Gasteiger partial charge in [-0.2, -0.15) is 4.73 Å². The number of nitrogens with zero attached hydrogens (tertiary/aromatic N) is 1. The van der Waals surface area contributed by atoms with Crippen molar-refractivity contribution in [2.75, 3.05) is 0 Å². The molecule has 1 unspecified atom stereocenters. The van der Waals surface area contributed by atoms with Gasteiger partial charge in [0.15, 0.2) is 0 Å². The van der Waals surface area contributed by atoms with Crippen LogP contribution in [0.1, 0.15) is 30.4 Å². The third-order valence-electron chi connectivity index (χ3n) is 5.46. The largest absolute Gasteiger partial charge is 0.336 e. The van der Waals surface area contributed by atoms with Crippen LogP contribution in [0.15, 0.2) is 97.2 Å². The summed E-state index contributed by atoms with van der Waals surface area (Å²) in [5, 5.41) is 0. The van der Waals surface area contributed by atoms with Crippen molar-refractivity contribution >= 4 is 18.2 Å². The van der Waals surface area contributed by atoms with Crippen molar-refractivity contribution in [3.63, 3.8) is 0 Å². The van der Waals surface area contributed by atoms with E-state index in [-0.39, 0.29) is 11.4 Å². The summed E-state index contributed by atoms with van der Waals surface area (Å²) in [7, 11) is 0. The summed E-state index contributed by atoms with van der Waals surface area (Å²) in [5.74, 6) is 0.149. The zero-order valence-corrected chi connectivity index (χ0v) is 16.9. The summed E-state index contributed by atoms with van der Waals surface area (Å²) < 4.78 is 1.81. The first-order chi connectivity index (χ1) is 14.2. The zero-order valence-electron chi connectivity index (χ0n) is 16.1. The number of carbonyl (C=O) groups excluding carboxylic acids is 1. The molecule has 2 aromatic carbocycles. The van der Waals surface area contributed by atoms with E-state index >= 15 is 0 Å². The van der Waals surface area contributed by atoms with Crippen LogP contribution in [-0.4, -0.2) is 10.7 Å². The summed E-state index contributed by atoms with van der Waals surface area (Å²) in [6.07, 6.45) is 8.06. The zero-order chi connectivity index (χ0) is 20.1. The van der Waals surface area contributed by atoms with Crippen molar-refractivity contribution in [2.45, 2.75) is 24.7 Å². The number of aromatic nitrogens is 1. The van der Waals surface area contributed by atoms with Gasteiger partial charge < -0.3 is 4.84 Å². The van der Waals surface area contributed by atoms with Gasteiger partial charge in [0.05, 0.1) is 6.42 Å². The Bertz CT molecular complexity index is 1020. The van der Waals surface area contributed by atoms with Crippen molar-refractivity contribution in [3.05, 3.63) is 113 Å². The van der Waals surface area contributed by atoms with E-state index in [0.29, 0.717) is 23.4 Å². The summed E-state index contributed by atoms with van der Waals surface area (Å²) in [5.41, 5.74) is 2.73. The van der Waals surface area contributed by atoms with E-state index in [1.807, 2.05) is 6.07 Å². The number of benzene rings is 2. The van der Waals surface area contributed by atoms with Gasteiger partial charge in [0.25, 0.3) is 0 Å². The van der Waals surface area contributed by atoms with Crippen LogP contribution in [0.3, 0.4) is 0 Å². The smallest absolute Gasteiger partial charge is 0.333 e. The molecule has 1 aliphatic carbocycles. The fourth-order valence-electron chi connectivity index (χ4n) is 3.93. The molecule has 4 heteroatoms. The van der Waals surface area contributed by atoms with E-state index < -0.39 is 0 Å². The van der Waals surface area contributed by atoms with Crippen molar-refractivity contribution < 1.29 is 9.63 Å². The fraction of sp³-hybridized carbons (Fsp3) is 0.200. The highest BCUT2D eigenvalue weighted by Crippen LogP contribution is 2.59. The molecule has 0 amide bonds. The van der Waals surface area contributed by atoms with Crippen LogP contribution in [0.4, 0.5) is 0 Å². The molecule has 146 valence electrons. The van der Waals surface area contributed by atoms with Crippen LogP contribution in [0.25, 0.3) is 0 Å². The van der Waals surface area contributed by atoms with Crippen molar-refractivity contribution in [2.24, 2.45) is 5.92 Å². The lowest BCUT2D eigenvalue weighted by Gasteiger charge is -2.18. The standard InChI is InChI=1S/C25H23NO2S/c27-24(28-26-18-10-9-16-23(26)29)17-8-7-15-22-19-25(22,20-11-3-1-4-12-20)21-13-5-2-6-14-21/h1-7,9-16,18,22H,8,17,19H2/b15-7-. The predicted molar refractivity (Wildman–Crippen MR) is 117 cm³/mol. The molecule has 1 fully saturated rings. The Morgan fingerprint density at radius 1 is 1.00 bits per heavy atom. The van der Waals surface area contributed by atoms with Gasteiger partial charge in [-0.1, -0.05) is 91.1 Å². The second-order valence-electron chi connectivity index (χ2n) is 7.31. The van der Waals surface area contributed by atoms with Gasteiger partial charge >= 0.3 is 5.97 Å². The van der Waals surface area contributed by atoms with E-state index in [1.54, 1.807) is 18.3 Å². The highest BCUT2D eigenvalue weighted by molar-refractivity contribution is 7.71. The molecule has 0 N–H and O–H groups in total. The quantitative estimate of drug-likeness (QED) is 0.386. The number of allylic oxidation sites excluding steroid dienone is 2. The second-order valence-corrected chi connectivity index (χ2v) is 7.73. The van der Waals surface area contributed by atoms with Gasteiger partial charge in [0.1, 0.15) is 4.64 Å². The average Bonchev–Trinajstić information content (AvgIpc) is 3.50. The second kappa shape index (κ2) is 8.58. The molecule has 1 heterocycles. The molecule has 3 aromatic rings. The average molecular weight is 402 g/mol. The SMILES string of the molecule is O=C(CC/C=C\C1CC1(c1ccccc1)c1ccccc1)On1ccccc1=S. The van der Waals surface area contributed by atoms with Gasteiger partial charge in [0.2, 0.25) is 0 Å². The molecular weight excluding hydrogens is 378 g/mol. The van der Waals surface area contributed by atoms with Crippen molar-refractivity contribution in [3.8, 4) is 0 Å². The molecule has 0 spiro atoms. The molecule has 1 atom stereocenters. The van der Waals surface area contributed by atoms with Gasteiger partial charge in [0, 0.05) is 11.6 Å². The summed E-state index contributed by atoms with van der Waals surface area (Å²) >= 11 is 5.14. The van der Waals surface area contributed by atoms with Gasteiger partial charge in [-0.05, 0) is 42.0 Å². The number of pyridine rings is 1. The Hall–Kier alpha value is -2.98. The molecule has 4 rings (SSSR count). The fourth-order valence-corrected chi connectivity index (χ4v) is 4.10. The summed E-state index contributed by atoms with van der Waals surface area (Å²) in [6, 6.07) is 26.7. The molecule has 1 aromatic heterocycles. The minimum Gasteiger partial charge on any atom is -0.336 e. The monoisotopic (exact) mass is 401 g/mol. The van der Waals surface area contributed by atoms with E-state index in [1.165, 1.54) is 15.9 Å². The third kappa shape index (κ3) is 4.22. The first-order valence-corrected chi connectivity index (χ1v) is 10.3. The maximum absolute atomic E-state index is 12.1. The Balaban J connectivity index is 1.39. The molecule has 29 heavy (non-hydrogen) atoms. The first kappa shape index (κ1) is 19.3. The predicted octanol–water partition coefficient (Wildman–Crippen LogP) is 5.52. The van der Waals surface area contributed by atoms with Gasteiger partial charge in [-0.3, -0.25) is 0 Å². The van der Waals surface area contributed by atoms with E-state index in [2.05, 4.69) is 72.8 Å². The Morgan fingerprint density at radius 2 is 1.62 bits per heavy atom. The van der Waals surface area contributed by atoms with Crippen LogP contribution in [-0.2, 0) is 10.2 Å². The molecule has 0 saturated heterocycles. The minimum absolute atomic E-state index is 0.0383. The van der Waals surface area contributed by atoms with E-state index in [0.717, 1.165) is 6.42 Å². The van der Waals surface area contributed by atoms with E-state index in [9.17, 15) is 4.79 Å². The highest BCUT2D eigenvalue weighted by atomic mass is 32.1. The lowest BCUT2D eigenvalue weighted by molar-refractivity contribution is -0.144. The normalized spacial score (nSPS) is 17.2. The number of rotatable bonds is 7. The maximum atomic E-state index is 12.1. The van der Waals surface area contributed by atoms with Crippen LogP contribution >= 0.6 is 12.2 Å². The molecule has 0 bridgehead atoms. The van der Waals surface area contributed by atoms with Crippen LogP contribution < -0.4 is 4.84 Å². The summed E-state index contributed by atoms with van der Waals surface area (Å²) in [4.78, 5) is 17.4. The molecule has 1 saturated carbocycles. The number of carbonyl (C=O) groups is 1. The van der Waals surface area contributed by atoms with Crippen molar-refractivity contribution in [1.82, 2.24) is 4.73 Å². The summed E-state index contributed by atoms with van der Waals surface area (Å²) in [6.45, 7) is 0. The Labute approximate surface area is 176 Å². The third-order valence-corrected chi connectivity index (χ3v) is 5.78. The minimum atomic E-state index is -0.287. The van der Waals surface area contributed by atoms with E-state index in [4.69, 9.17) is 17.1 Å². The molecular formula is C25H23NO2S. The molecule has 1 aliphatic rings. The lowest BCUT2D eigenvalue weighted by atomic mass is 9.85. The van der Waals surface area contributed by atoms with Gasteiger partial charge in [-0.15, -0.1) is 0 Å². The maximum Gasteiger partial charge on any atom is 0.333 e. The molecule has 0 aliphatic heterocycles. The highest BCUT2D eigenvalue weighted by Gasteiger charge is 2.54. The van der Waals surface area contributed by atoms with Crippen LogP contribution in [0.5, 0.6) is 0 Å². The Kier molecular flexibility index (Phi) is 5.72. The number of hydrogen-bond donors (Lipinski definition) is 0. The lowest BCUT2D eigenvalue weighted by Crippen LogP contribution is -2.19. The molecule has 3 nitrogen and oxygen atoms in total. The Morgan fingerprint density at radius 3 is 2.24 bits per heavy atom. The van der Waals surface area contributed by atoms with Crippen LogP contribution in [0.2, 0.25) is 0 Å².